The van der Waals surface area contributed by atoms with Crippen LogP contribution in [0.15, 0.2) is 0 Å². The molecule has 0 rings (SSSR count). The van der Waals surface area contributed by atoms with Gasteiger partial charge in [-0.25, -0.2) is 0 Å². The van der Waals surface area contributed by atoms with E-state index < -0.39 is 0 Å². The van der Waals surface area contributed by atoms with Crippen LogP contribution in [-0.2, 0) is 0 Å². The van der Waals surface area contributed by atoms with Crippen molar-refractivity contribution in [2.75, 3.05) is 0 Å². The summed E-state index contributed by atoms with van der Waals surface area (Å²) in [5, 5.41) is 0. The summed E-state index contributed by atoms with van der Waals surface area (Å²) in [6.07, 6.45) is 0. The summed E-state index contributed by atoms with van der Waals surface area (Å²) in [7, 11) is 0. The second-order valence-corrected chi connectivity index (χ2v) is 2.05. The summed E-state index contributed by atoms with van der Waals surface area (Å²) >= 11 is 10.1. The molecule has 0 unspecified atom stereocenters. The van der Waals surface area contributed by atoms with Gasteiger partial charge in [0.1, 0.15) is 4.84 Å². The van der Waals surface area contributed by atoms with E-state index in [9.17, 15) is 0 Å². The number of hydrogen-bond donors (Lipinski definition) is 0. The molecule has 3 heteroatoms. The molecule has 0 aromatic heterocycles. The molecule has 0 aliphatic rings. The van der Waals surface area contributed by atoms with Gasteiger partial charge in [0.15, 0.2) is 0 Å². The monoisotopic (exact) mass is 308 g/mol. The molecule has 0 atom stereocenters. The summed E-state index contributed by atoms with van der Waals surface area (Å²) in [5.74, 6) is 0. The van der Waals surface area contributed by atoms with Gasteiger partial charge in [0, 0.05) is 0 Å². The van der Waals surface area contributed by atoms with Gasteiger partial charge in [-0.1, -0.05) is 0 Å². The van der Waals surface area contributed by atoms with E-state index in [0.29, 0.717) is 0 Å². The van der Waals surface area contributed by atoms with E-state index in [4.69, 9.17) is 23.2 Å². The summed E-state index contributed by atoms with van der Waals surface area (Å²) in [5.41, 5.74) is 0. The van der Waals surface area contributed by atoms with Crippen LogP contribution in [0.5, 0.6) is 0 Å². The van der Waals surface area contributed by atoms with Gasteiger partial charge in [-0.2, -0.15) is 0 Å². The molecule has 0 bridgehead atoms. The molecule has 0 spiro atoms. The van der Waals surface area contributed by atoms with Gasteiger partial charge in [-0.05, 0) is 6.92 Å². The van der Waals surface area contributed by atoms with Crippen LogP contribution in [-0.4, -0.2) is 32.1 Å². The normalized spacial score (nSPS) is 7.20. The molecule has 0 heterocycles. The summed E-state index contributed by atoms with van der Waals surface area (Å²) in [6, 6.07) is 0. The molecule has 0 amide bonds. The third kappa shape index (κ3) is 29.9. The Morgan fingerprint density at radius 1 is 1.40 bits per heavy atom. The van der Waals surface area contributed by atoms with E-state index in [0.717, 1.165) is 0 Å². The van der Waals surface area contributed by atoms with Crippen molar-refractivity contribution in [3.63, 3.8) is 0 Å². The van der Waals surface area contributed by atoms with E-state index in [-0.39, 0.29) is 32.1 Å². The van der Waals surface area contributed by atoms with Gasteiger partial charge >= 0.3 is 27.3 Å². The first-order valence-electron chi connectivity index (χ1n) is 1.01. The molecule has 0 aliphatic heterocycles. The van der Waals surface area contributed by atoms with Gasteiger partial charge in [-0.3, -0.25) is 0 Å². The van der Waals surface area contributed by atoms with Gasteiger partial charge in [-0.15, -0.1) is 23.2 Å². The van der Waals surface area contributed by atoms with Crippen LogP contribution >= 0.6 is 23.2 Å². The third-order valence-electron chi connectivity index (χ3n) is 0. The summed E-state index contributed by atoms with van der Waals surface area (Å²) in [4.78, 5) is -0.222. The molecule has 2 radical (unpaired) electrons. The zero-order chi connectivity index (χ0) is 3.58. The Hall–Kier alpha value is 1.50. The van der Waals surface area contributed by atoms with E-state index >= 15 is 0 Å². The number of halogens is 2. The fourth-order valence-electron chi connectivity index (χ4n) is 0. The van der Waals surface area contributed by atoms with Gasteiger partial charge < -0.3 is 0 Å². The summed E-state index contributed by atoms with van der Waals surface area (Å²) < 4.78 is 0. The quantitative estimate of drug-likeness (QED) is 0.461. The maximum atomic E-state index is 5.04. The van der Waals surface area contributed by atoms with Crippen LogP contribution in [0.1, 0.15) is 6.92 Å². The Labute approximate surface area is 62.0 Å². The number of hydrogen-bond acceptors (Lipinski definition) is 0. The van der Waals surface area contributed by atoms with Crippen LogP contribution in [0.2, 0.25) is 0 Å². The number of rotatable bonds is 0. The minimum absolute atomic E-state index is 0. The van der Waals surface area contributed by atoms with Crippen LogP contribution < -0.4 is 0 Å². The van der Waals surface area contributed by atoms with Crippen molar-refractivity contribution in [2.45, 2.75) is 11.8 Å². The second kappa shape index (κ2) is 5.50. The average Bonchev–Trinajstić information content (AvgIpc) is 0.811. The van der Waals surface area contributed by atoms with Crippen LogP contribution in [0.3, 0.4) is 0 Å². The topological polar surface area (TPSA) is 0 Å². The average molecular weight is 308 g/mol. The Kier molecular flexibility index (Phi) is 10.7. The van der Waals surface area contributed by atoms with E-state index in [1.54, 1.807) is 6.92 Å². The third-order valence-corrected chi connectivity index (χ3v) is 0. The van der Waals surface area contributed by atoms with E-state index in [1.165, 1.54) is 0 Å². The fraction of sp³-hybridized carbons (Fsp3) is 1.00. The Balaban J connectivity index is 0. The van der Waals surface area contributed by atoms with Gasteiger partial charge in [0.05, 0.1) is 0 Å². The number of alkyl halides is 2. The first kappa shape index (κ1) is 9.71. The van der Waals surface area contributed by atoms with Crippen molar-refractivity contribution in [3.05, 3.63) is 0 Å². The fourth-order valence-corrected chi connectivity index (χ4v) is 0. The molecule has 5 heavy (non-hydrogen) atoms. The standard InChI is InChI=1S/C2H4Cl2.Pb.2H/c1-2(3)4;;;/h2H,1H3;;;. The Bertz CT molecular complexity index is 12.4. The maximum absolute atomic E-state index is 5.04. The van der Waals surface area contributed by atoms with E-state index in [2.05, 4.69) is 0 Å². The molecular weight excluding hydrogens is 302 g/mol. The molecule has 0 nitrogen and oxygen atoms in total. The van der Waals surface area contributed by atoms with Crippen LogP contribution in [0, 0.1) is 0 Å². The predicted molar refractivity (Wildman–Crippen MR) is 29.7 cm³/mol. The Morgan fingerprint density at radius 2 is 1.40 bits per heavy atom. The Morgan fingerprint density at radius 3 is 1.40 bits per heavy atom. The molecule has 0 aromatic carbocycles. The van der Waals surface area contributed by atoms with Crippen molar-refractivity contribution in [1.29, 1.82) is 0 Å². The first-order valence-corrected chi connectivity index (χ1v) is 1.89. The van der Waals surface area contributed by atoms with Crippen molar-refractivity contribution in [2.24, 2.45) is 0 Å². The minimum atomic E-state index is -0.222. The van der Waals surface area contributed by atoms with Crippen molar-refractivity contribution < 1.29 is 0 Å². The first-order chi connectivity index (χ1) is 1.73. The van der Waals surface area contributed by atoms with Crippen LogP contribution in [0.25, 0.3) is 0 Å². The molecule has 0 aliphatic carbocycles. The molecule has 0 saturated heterocycles. The van der Waals surface area contributed by atoms with Crippen molar-refractivity contribution in [3.8, 4) is 0 Å². The molecular formula is C2H6Cl2Pb. The molecule has 0 fully saturated rings. The zero-order valence-corrected chi connectivity index (χ0v) is 10.0. The molecule has 0 aromatic rings. The molecule has 32 valence electrons. The molecule has 0 saturated carbocycles. The zero-order valence-electron chi connectivity index (χ0n) is 3.04. The summed E-state index contributed by atoms with van der Waals surface area (Å²) in [6.45, 7) is 1.70. The van der Waals surface area contributed by atoms with Crippen molar-refractivity contribution >= 4 is 50.5 Å². The molecule has 0 N–H and O–H groups in total. The second-order valence-electron chi connectivity index (χ2n) is 0.519. The predicted octanol–water partition coefficient (Wildman–Crippen LogP) is 0.894. The van der Waals surface area contributed by atoms with Crippen LogP contribution in [0.4, 0.5) is 0 Å². The van der Waals surface area contributed by atoms with Crippen molar-refractivity contribution in [1.82, 2.24) is 0 Å². The van der Waals surface area contributed by atoms with Gasteiger partial charge in [0.2, 0.25) is 0 Å². The van der Waals surface area contributed by atoms with E-state index in [1.807, 2.05) is 0 Å². The SMILES string of the molecule is CC(Cl)Cl.[PbH2]. The van der Waals surface area contributed by atoms with Gasteiger partial charge in [0.25, 0.3) is 0 Å².